The van der Waals surface area contributed by atoms with E-state index in [-0.39, 0.29) is 24.1 Å². The number of piperidine rings is 1. The Labute approximate surface area is 178 Å². The Bertz CT molecular complexity index is 1080. The second-order valence-corrected chi connectivity index (χ2v) is 7.60. The molecule has 9 nitrogen and oxygen atoms in total. The molecule has 1 saturated heterocycles. The molecule has 2 aromatic carbocycles. The average molecular weight is 422 g/mol. The topological polar surface area (TPSA) is 112 Å². The summed E-state index contributed by atoms with van der Waals surface area (Å²) in [6.07, 6.45) is 2.15. The number of nitro benzene ring substituents is 1. The summed E-state index contributed by atoms with van der Waals surface area (Å²) >= 11 is 0. The predicted octanol–water partition coefficient (Wildman–Crippen LogP) is 3.95. The number of carbonyl (C=O) groups is 1. The highest BCUT2D eigenvalue weighted by Crippen LogP contribution is 2.30. The van der Waals surface area contributed by atoms with E-state index in [4.69, 9.17) is 9.26 Å². The smallest absolute Gasteiger partial charge is 0.269 e. The Morgan fingerprint density at radius 3 is 2.77 bits per heavy atom. The molecule has 0 aliphatic carbocycles. The monoisotopic (exact) mass is 422 g/mol. The third kappa shape index (κ3) is 4.71. The van der Waals surface area contributed by atoms with E-state index >= 15 is 0 Å². The fraction of sp³-hybridized carbons (Fsp3) is 0.318. The fourth-order valence-corrected chi connectivity index (χ4v) is 3.60. The second kappa shape index (κ2) is 8.95. The molecule has 1 aliphatic rings. The minimum atomic E-state index is -0.470. The number of non-ortho nitro benzene ring substituents is 1. The number of hydrogen-bond donors (Lipinski definition) is 0. The quantitative estimate of drug-likeness (QED) is 0.437. The molecule has 1 aromatic heterocycles. The van der Waals surface area contributed by atoms with Gasteiger partial charge in [0.2, 0.25) is 5.82 Å². The SMILES string of the molecule is C[C@H]1CCCN(C(=O)COc2ccccc2-c2noc(-c3ccc([N+](=O)[O-])cc3)n2)C1. The van der Waals surface area contributed by atoms with Crippen LogP contribution in [-0.4, -0.2) is 45.6 Å². The summed E-state index contributed by atoms with van der Waals surface area (Å²) in [7, 11) is 0. The van der Waals surface area contributed by atoms with Crippen LogP contribution in [0.3, 0.4) is 0 Å². The van der Waals surface area contributed by atoms with Gasteiger partial charge in [-0.05, 0) is 43.0 Å². The van der Waals surface area contributed by atoms with Gasteiger partial charge in [-0.1, -0.05) is 24.2 Å². The third-order valence-corrected chi connectivity index (χ3v) is 5.24. The molecular weight excluding hydrogens is 400 g/mol. The van der Waals surface area contributed by atoms with Crippen molar-refractivity contribution in [1.29, 1.82) is 0 Å². The van der Waals surface area contributed by atoms with Gasteiger partial charge in [0, 0.05) is 30.8 Å². The number of hydrogen-bond acceptors (Lipinski definition) is 7. The highest BCUT2D eigenvalue weighted by molar-refractivity contribution is 5.78. The number of nitro groups is 1. The first-order chi connectivity index (χ1) is 15.0. The number of para-hydroxylation sites is 1. The lowest BCUT2D eigenvalue weighted by Crippen LogP contribution is -2.41. The zero-order chi connectivity index (χ0) is 21.8. The van der Waals surface area contributed by atoms with Crippen LogP contribution in [0.5, 0.6) is 5.75 Å². The number of ether oxygens (including phenoxy) is 1. The first kappa shape index (κ1) is 20.5. The summed E-state index contributed by atoms with van der Waals surface area (Å²) in [6, 6.07) is 13.0. The van der Waals surface area contributed by atoms with E-state index in [2.05, 4.69) is 17.1 Å². The molecule has 1 aliphatic heterocycles. The Balaban J connectivity index is 1.48. The van der Waals surface area contributed by atoms with Gasteiger partial charge in [0.1, 0.15) is 5.75 Å². The summed E-state index contributed by atoms with van der Waals surface area (Å²) in [5, 5.41) is 14.8. The van der Waals surface area contributed by atoms with Crippen molar-refractivity contribution in [3.63, 3.8) is 0 Å². The first-order valence-electron chi connectivity index (χ1n) is 10.1. The van der Waals surface area contributed by atoms with Gasteiger partial charge in [-0.15, -0.1) is 0 Å². The minimum absolute atomic E-state index is 0.0185. The number of nitrogens with zero attached hydrogens (tertiary/aromatic N) is 4. The fourth-order valence-electron chi connectivity index (χ4n) is 3.60. The maximum Gasteiger partial charge on any atom is 0.269 e. The summed E-state index contributed by atoms with van der Waals surface area (Å²) in [4.78, 5) is 29.1. The molecule has 1 amide bonds. The average Bonchev–Trinajstić information content (AvgIpc) is 3.28. The van der Waals surface area contributed by atoms with Gasteiger partial charge in [-0.2, -0.15) is 4.98 Å². The lowest BCUT2D eigenvalue weighted by molar-refractivity contribution is -0.384. The molecule has 31 heavy (non-hydrogen) atoms. The summed E-state index contributed by atoms with van der Waals surface area (Å²) < 4.78 is 11.1. The van der Waals surface area contributed by atoms with Gasteiger partial charge >= 0.3 is 0 Å². The van der Waals surface area contributed by atoms with Crippen LogP contribution in [0.15, 0.2) is 53.1 Å². The molecule has 1 fully saturated rings. The van der Waals surface area contributed by atoms with Gasteiger partial charge in [0.25, 0.3) is 17.5 Å². The molecule has 160 valence electrons. The maximum atomic E-state index is 12.5. The molecule has 0 N–H and O–H groups in total. The zero-order valence-electron chi connectivity index (χ0n) is 17.1. The minimum Gasteiger partial charge on any atom is -0.483 e. The van der Waals surface area contributed by atoms with Crippen molar-refractivity contribution in [2.45, 2.75) is 19.8 Å². The first-order valence-corrected chi connectivity index (χ1v) is 10.1. The van der Waals surface area contributed by atoms with E-state index in [9.17, 15) is 14.9 Å². The molecular formula is C22H22N4O5. The van der Waals surface area contributed by atoms with Gasteiger partial charge in [-0.3, -0.25) is 14.9 Å². The van der Waals surface area contributed by atoms with E-state index in [0.717, 1.165) is 25.9 Å². The van der Waals surface area contributed by atoms with Crippen molar-refractivity contribution in [3.05, 3.63) is 58.6 Å². The summed E-state index contributed by atoms with van der Waals surface area (Å²) in [5.74, 6) is 1.49. The zero-order valence-corrected chi connectivity index (χ0v) is 17.1. The Hall–Kier alpha value is -3.75. The molecule has 1 atom stereocenters. The van der Waals surface area contributed by atoms with Crippen molar-refractivity contribution >= 4 is 11.6 Å². The van der Waals surface area contributed by atoms with Crippen molar-refractivity contribution in [2.75, 3.05) is 19.7 Å². The number of aromatic nitrogens is 2. The second-order valence-electron chi connectivity index (χ2n) is 7.60. The molecule has 0 unspecified atom stereocenters. The molecule has 0 radical (unpaired) electrons. The van der Waals surface area contributed by atoms with Crippen LogP contribution in [0.25, 0.3) is 22.8 Å². The molecule has 2 heterocycles. The maximum absolute atomic E-state index is 12.5. The number of benzene rings is 2. The van der Waals surface area contributed by atoms with E-state index < -0.39 is 4.92 Å². The predicted molar refractivity (Wildman–Crippen MR) is 112 cm³/mol. The lowest BCUT2D eigenvalue weighted by Gasteiger charge is -2.30. The van der Waals surface area contributed by atoms with Crippen LogP contribution in [0.2, 0.25) is 0 Å². The molecule has 3 aromatic rings. The summed E-state index contributed by atoms with van der Waals surface area (Å²) in [5.41, 5.74) is 1.14. The van der Waals surface area contributed by atoms with Crippen molar-refractivity contribution in [2.24, 2.45) is 5.92 Å². The van der Waals surface area contributed by atoms with E-state index in [1.165, 1.54) is 12.1 Å². The number of carbonyl (C=O) groups excluding carboxylic acids is 1. The Morgan fingerprint density at radius 2 is 2.03 bits per heavy atom. The molecule has 4 rings (SSSR count). The summed E-state index contributed by atoms with van der Waals surface area (Å²) in [6.45, 7) is 3.61. The van der Waals surface area contributed by atoms with Gasteiger partial charge in [0.05, 0.1) is 10.5 Å². The molecule has 0 bridgehead atoms. The van der Waals surface area contributed by atoms with E-state index in [1.807, 2.05) is 17.0 Å². The largest absolute Gasteiger partial charge is 0.483 e. The van der Waals surface area contributed by atoms with Gasteiger partial charge in [-0.25, -0.2) is 0 Å². The lowest BCUT2D eigenvalue weighted by atomic mass is 10.0. The van der Waals surface area contributed by atoms with Crippen molar-refractivity contribution in [1.82, 2.24) is 15.0 Å². The van der Waals surface area contributed by atoms with Gasteiger partial charge in [0.15, 0.2) is 6.61 Å². The van der Waals surface area contributed by atoms with Crippen LogP contribution in [-0.2, 0) is 4.79 Å². The van der Waals surface area contributed by atoms with Crippen molar-refractivity contribution in [3.8, 4) is 28.6 Å². The van der Waals surface area contributed by atoms with Crippen molar-refractivity contribution < 1.29 is 19.0 Å². The van der Waals surface area contributed by atoms with Crippen LogP contribution in [0, 0.1) is 16.0 Å². The van der Waals surface area contributed by atoms with Crippen LogP contribution < -0.4 is 4.74 Å². The molecule has 0 spiro atoms. The Kier molecular flexibility index (Phi) is 5.92. The van der Waals surface area contributed by atoms with Crippen LogP contribution >= 0.6 is 0 Å². The van der Waals surface area contributed by atoms with Crippen LogP contribution in [0.1, 0.15) is 19.8 Å². The van der Waals surface area contributed by atoms with E-state index in [1.54, 1.807) is 24.3 Å². The standard InChI is InChI=1S/C22H22N4O5/c1-15-5-4-12-25(13-15)20(27)14-30-19-7-3-2-6-18(19)21-23-22(31-24-21)16-8-10-17(11-9-16)26(28)29/h2-3,6-11,15H,4-5,12-14H2,1H3/t15-/m0/s1. The highest BCUT2D eigenvalue weighted by atomic mass is 16.6. The van der Waals surface area contributed by atoms with Crippen LogP contribution in [0.4, 0.5) is 5.69 Å². The third-order valence-electron chi connectivity index (χ3n) is 5.24. The molecule has 9 heteroatoms. The highest BCUT2D eigenvalue weighted by Gasteiger charge is 2.22. The number of likely N-dealkylation sites (tertiary alicyclic amines) is 1. The normalized spacial score (nSPS) is 16.2. The Morgan fingerprint density at radius 1 is 1.26 bits per heavy atom. The number of amides is 1. The number of rotatable bonds is 6. The van der Waals surface area contributed by atoms with Gasteiger partial charge < -0.3 is 14.2 Å². The van der Waals surface area contributed by atoms with E-state index in [0.29, 0.717) is 28.6 Å². The molecule has 0 saturated carbocycles.